The normalized spacial score (nSPS) is 18.4. The first-order chi connectivity index (χ1) is 7.16. The minimum Gasteiger partial charge on any atom is -0.392 e. The van der Waals surface area contributed by atoms with Crippen molar-refractivity contribution in [2.75, 3.05) is 13.2 Å². The van der Waals surface area contributed by atoms with Gasteiger partial charge in [0.1, 0.15) is 0 Å². The molecule has 0 saturated heterocycles. The predicted octanol–water partition coefficient (Wildman–Crippen LogP) is 0.151. The summed E-state index contributed by atoms with van der Waals surface area (Å²) in [7, 11) is -9.86. The van der Waals surface area contributed by atoms with Crippen molar-refractivity contribution < 1.29 is 37.8 Å². The van der Waals surface area contributed by atoms with Crippen LogP contribution in [-0.4, -0.2) is 34.4 Å². The molecule has 0 radical (unpaired) electrons. The fourth-order valence-electron chi connectivity index (χ4n) is 0.491. The summed E-state index contributed by atoms with van der Waals surface area (Å²) in [5, 5.41) is 4.01. The molecule has 1 unspecified atom stereocenters. The summed E-state index contributed by atoms with van der Waals surface area (Å²) in [5.74, 6) is 0. The summed E-state index contributed by atoms with van der Waals surface area (Å²) in [4.78, 5) is 25.3. The molecule has 10 heteroatoms. The predicted molar refractivity (Wildman–Crippen MR) is 49.7 cm³/mol. The summed E-state index contributed by atoms with van der Waals surface area (Å²) in [6.07, 6.45) is 1.31. The first-order valence-corrected chi connectivity index (χ1v) is 6.67. The van der Waals surface area contributed by atoms with Crippen LogP contribution < -0.4 is 0 Å². The van der Waals surface area contributed by atoms with Gasteiger partial charge in [-0.15, -0.1) is 0 Å². The fourth-order valence-corrected chi connectivity index (χ4v) is 2.02. The second-order valence-corrected chi connectivity index (χ2v) is 5.36. The van der Waals surface area contributed by atoms with Crippen LogP contribution in [0.4, 0.5) is 0 Å². The second-order valence-electron chi connectivity index (χ2n) is 2.53. The van der Waals surface area contributed by atoms with Gasteiger partial charge in [-0.3, -0.25) is 4.52 Å². The van der Waals surface area contributed by atoms with E-state index in [0.29, 0.717) is 5.57 Å². The average Bonchev–Trinajstić information content (AvgIpc) is 1.98. The van der Waals surface area contributed by atoms with E-state index in [-0.39, 0.29) is 6.61 Å². The van der Waals surface area contributed by atoms with Gasteiger partial charge < -0.3 is 19.8 Å². The van der Waals surface area contributed by atoms with Gasteiger partial charge in [-0.05, 0) is 12.5 Å². The molecule has 0 aromatic heterocycles. The Bertz CT molecular complexity index is 335. The van der Waals surface area contributed by atoms with E-state index < -0.39 is 22.3 Å². The topological polar surface area (TPSA) is 134 Å². The number of aliphatic hydroxyl groups is 1. The number of rotatable bonds is 7. The maximum absolute atomic E-state index is 10.9. The van der Waals surface area contributed by atoms with Crippen molar-refractivity contribution in [2.24, 2.45) is 0 Å². The number of phosphoric ester groups is 1. The van der Waals surface area contributed by atoms with Crippen LogP contribution in [0.1, 0.15) is 6.92 Å². The maximum atomic E-state index is 10.9. The molecule has 0 aliphatic heterocycles. The number of hydrogen-bond donors (Lipinski definition) is 4. The van der Waals surface area contributed by atoms with Gasteiger partial charge in [0.15, 0.2) is 0 Å². The van der Waals surface area contributed by atoms with Crippen molar-refractivity contribution in [1.82, 2.24) is 0 Å². The summed E-state index contributed by atoms with van der Waals surface area (Å²) < 4.78 is 35.3. The van der Waals surface area contributed by atoms with Gasteiger partial charge in [-0.25, -0.2) is 9.13 Å². The van der Waals surface area contributed by atoms with Gasteiger partial charge in [-0.1, -0.05) is 6.08 Å². The third-order valence-electron chi connectivity index (χ3n) is 1.11. The Morgan fingerprint density at radius 2 is 2.07 bits per heavy atom. The van der Waals surface area contributed by atoms with Crippen molar-refractivity contribution >= 4 is 15.6 Å². The fraction of sp³-hybridized carbons (Fsp3) is 0.600. The Morgan fingerprint density at radius 3 is 2.53 bits per heavy atom. The molecule has 15 heavy (non-hydrogen) atoms. The van der Waals surface area contributed by atoms with Gasteiger partial charge in [0.05, 0.1) is 13.2 Å². The Morgan fingerprint density at radius 1 is 1.47 bits per heavy atom. The molecule has 0 spiro atoms. The molecular weight excluding hydrogens is 250 g/mol. The Kier molecular flexibility index (Phi) is 5.11. The minimum absolute atomic E-state index is 0.0154. The van der Waals surface area contributed by atoms with Crippen molar-refractivity contribution in [1.29, 1.82) is 1.43 Å². The summed E-state index contributed by atoms with van der Waals surface area (Å²) >= 11 is 0. The van der Waals surface area contributed by atoms with Gasteiger partial charge >= 0.3 is 15.6 Å². The van der Waals surface area contributed by atoms with E-state index in [9.17, 15) is 9.13 Å². The lowest BCUT2D eigenvalue weighted by Gasteiger charge is -2.11. The number of aliphatic hydroxyl groups excluding tert-OH is 1. The quantitative estimate of drug-likeness (QED) is 0.376. The van der Waals surface area contributed by atoms with Gasteiger partial charge in [0.2, 0.25) is 1.43 Å². The standard InChI is InChI=1S/C5H12O8P2/c1-5(4-6)2-3-12-15(10,11)13-14(7,8)9/h2,6H,3-4H2,1H3,(H,10,11)(H2,7,8,9)/b5-2+/i6D. The monoisotopic (exact) mass is 263 g/mol. The third kappa shape index (κ3) is 8.92. The molecule has 90 valence electrons. The molecule has 0 rings (SSSR count). The molecule has 0 bridgehead atoms. The molecule has 0 saturated carbocycles. The highest BCUT2D eigenvalue weighted by Gasteiger charge is 2.31. The molecule has 8 nitrogen and oxygen atoms in total. The van der Waals surface area contributed by atoms with Crippen LogP contribution >= 0.6 is 15.6 Å². The highest BCUT2D eigenvalue weighted by atomic mass is 31.3. The molecule has 0 aliphatic carbocycles. The highest BCUT2D eigenvalue weighted by Crippen LogP contribution is 2.57. The van der Waals surface area contributed by atoms with E-state index in [4.69, 9.17) is 16.1 Å². The maximum Gasteiger partial charge on any atom is 0.481 e. The second kappa shape index (κ2) is 5.89. The molecule has 0 amide bonds. The van der Waals surface area contributed by atoms with E-state index in [1.54, 1.807) is 6.92 Å². The van der Waals surface area contributed by atoms with Crippen LogP contribution in [0.2, 0.25) is 0 Å². The zero-order chi connectivity index (χ0) is 12.8. The van der Waals surface area contributed by atoms with E-state index in [0.717, 1.165) is 0 Å². The summed E-state index contributed by atoms with van der Waals surface area (Å²) in [6.45, 7) is 1.16. The van der Waals surface area contributed by atoms with Crippen molar-refractivity contribution in [2.45, 2.75) is 6.92 Å². The van der Waals surface area contributed by atoms with Crippen LogP contribution in [-0.2, 0) is 18.0 Å². The number of hydrogen-bond acceptors (Lipinski definition) is 5. The van der Waals surface area contributed by atoms with Crippen molar-refractivity contribution in [3.8, 4) is 0 Å². The molecular formula is C5H12O8P2. The summed E-state index contributed by atoms with van der Waals surface area (Å²) in [6, 6.07) is 0. The Balaban J connectivity index is 4.15. The third-order valence-corrected chi connectivity index (χ3v) is 3.26. The van der Waals surface area contributed by atoms with Gasteiger partial charge in [0.25, 0.3) is 0 Å². The molecule has 1 atom stereocenters. The molecule has 4 N–H and O–H groups in total. The smallest absolute Gasteiger partial charge is 0.392 e. The first kappa shape index (κ1) is 13.0. The van der Waals surface area contributed by atoms with Crippen LogP contribution in [0.25, 0.3) is 0 Å². The average molecular weight is 263 g/mol. The van der Waals surface area contributed by atoms with Crippen LogP contribution in [0.5, 0.6) is 0 Å². The Labute approximate surface area is 87.5 Å². The zero-order valence-electron chi connectivity index (χ0n) is 8.77. The first-order valence-electron chi connectivity index (χ1n) is 4.05. The van der Waals surface area contributed by atoms with E-state index in [1.165, 1.54) is 6.08 Å². The molecule has 0 aromatic carbocycles. The molecule has 0 aromatic rings. The molecule has 0 heterocycles. The SMILES string of the molecule is [2H]OC/C(C)=C/COP(=O)(O)OP(=O)(O)O. The summed E-state index contributed by atoms with van der Waals surface area (Å²) in [5.41, 5.74) is 0.547. The highest BCUT2D eigenvalue weighted by molar-refractivity contribution is 7.60. The van der Waals surface area contributed by atoms with Crippen LogP contribution in [0.3, 0.4) is 0 Å². The lowest BCUT2D eigenvalue weighted by molar-refractivity contribution is 0.190. The Hall–Kier alpha value is -0.0400. The van der Waals surface area contributed by atoms with Crippen molar-refractivity contribution in [3.63, 3.8) is 0 Å². The van der Waals surface area contributed by atoms with E-state index >= 15 is 0 Å². The van der Waals surface area contributed by atoms with Crippen LogP contribution in [0, 0.1) is 0 Å². The van der Waals surface area contributed by atoms with Crippen LogP contribution in [0.15, 0.2) is 11.6 Å². The van der Waals surface area contributed by atoms with E-state index in [2.05, 4.69) is 13.9 Å². The van der Waals surface area contributed by atoms with E-state index in [1.807, 2.05) is 0 Å². The molecule has 0 aliphatic rings. The molecule has 0 fully saturated rings. The minimum atomic E-state index is -5.08. The van der Waals surface area contributed by atoms with Crippen molar-refractivity contribution in [3.05, 3.63) is 11.6 Å². The lowest BCUT2D eigenvalue weighted by Crippen LogP contribution is -1.95. The zero-order valence-corrected chi connectivity index (χ0v) is 9.56. The van der Waals surface area contributed by atoms with Gasteiger partial charge in [-0.2, -0.15) is 4.31 Å². The van der Waals surface area contributed by atoms with Gasteiger partial charge in [0, 0.05) is 0 Å². The largest absolute Gasteiger partial charge is 0.481 e. The number of phosphoric acid groups is 2. The lowest BCUT2D eigenvalue weighted by atomic mass is 10.3.